The van der Waals surface area contributed by atoms with Crippen LogP contribution in [-0.2, 0) is 6.42 Å². The number of nitro benzene ring substituents is 1. The van der Waals surface area contributed by atoms with Gasteiger partial charge in [0.25, 0.3) is 5.69 Å². The monoisotopic (exact) mass is 251 g/mol. The summed E-state index contributed by atoms with van der Waals surface area (Å²) < 4.78 is 14.2. The van der Waals surface area contributed by atoms with Crippen LogP contribution in [0.25, 0.3) is 5.69 Å². The Kier molecular flexibility index (Phi) is 3.28. The molecule has 2 rings (SSSR count). The number of hydrogen-bond acceptors (Lipinski definition) is 5. The van der Waals surface area contributed by atoms with Crippen molar-refractivity contribution in [2.75, 3.05) is 6.54 Å². The lowest BCUT2D eigenvalue weighted by Crippen LogP contribution is -2.03. The molecule has 0 saturated heterocycles. The summed E-state index contributed by atoms with van der Waals surface area (Å²) in [6.07, 6.45) is 2.06. The van der Waals surface area contributed by atoms with Crippen molar-refractivity contribution in [3.8, 4) is 5.69 Å². The molecule has 0 amide bonds. The molecule has 0 atom stereocenters. The van der Waals surface area contributed by atoms with Gasteiger partial charge in [-0.25, -0.2) is 9.07 Å². The largest absolute Gasteiger partial charge is 0.330 e. The molecule has 0 aliphatic carbocycles. The molecule has 1 aromatic heterocycles. The van der Waals surface area contributed by atoms with Gasteiger partial charge in [-0.2, -0.15) is 0 Å². The first kappa shape index (κ1) is 12.1. The normalized spacial score (nSPS) is 10.6. The second kappa shape index (κ2) is 4.88. The van der Waals surface area contributed by atoms with E-state index in [9.17, 15) is 14.5 Å². The van der Waals surface area contributed by atoms with Gasteiger partial charge in [-0.1, -0.05) is 5.21 Å². The Hall–Kier alpha value is -2.35. The smallest absolute Gasteiger partial charge is 0.297 e. The van der Waals surface area contributed by atoms with Gasteiger partial charge >= 0.3 is 0 Å². The predicted octanol–water partition coefficient (Wildman–Crippen LogP) is 0.816. The molecule has 1 heterocycles. The lowest BCUT2D eigenvalue weighted by Gasteiger charge is -2.01. The summed E-state index contributed by atoms with van der Waals surface area (Å²) in [5, 5.41) is 18.4. The standard InChI is InChI=1S/C10H10FN5O2/c11-7-1-2-9(10(5-7)16(17)18)15-6-8(3-4-12)13-14-15/h1-2,5-6H,3-4,12H2. The molecule has 0 aliphatic rings. The average Bonchev–Trinajstić information content (AvgIpc) is 2.78. The lowest BCUT2D eigenvalue weighted by atomic mass is 10.2. The Morgan fingerprint density at radius 2 is 2.28 bits per heavy atom. The molecule has 0 saturated carbocycles. The molecule has 0 unspecified atom stereocenters. The molecule has 1 aromatic carbocycles. The summed E-state index contributed by atoms with van der Waals surface area (Å²) in [4.78, 5) is 10.2. The molecule has 0 radical (unpaired) electrons. The summed E-state index contributed by atoms with van der Waals surface area (Å²) in [5.41, 5.74) is 5.80. The van der Waals surface area contributed by atoms with E-state index in [1.54, 1.807) is 0 Å². The Morgan fingerprint density at radius 3 is 2.94 bits per heavy atom. The first-order chi connectivity index (χ1) is 8.61. The maximum Gasteiger partial charge on any atom is 0.297 e. The topological polar surface area (TPSA) is 99.9 Å². The molecular weight excluding hydrogens is 241 g/mol. The van der Waals surface area contributed by atoms with Crippen LogP contribution in [0.5, 0.6) is 0 Å². The summed E-state index contributed by atoms with van der Waals surface area (Å²) in [5.74, 6) is -0.673. The summed E-state index contributed by atoms with van der Waals surface area (Å²) in [6, 6.07) is 3.26. The summed E-state index contributed by atoms with van der Waals surface area (Å²) in [7, 11) is 0. The van der Waals surface area contributed by atoms with Crippen molar-refractivity contribution in [3.63, 3.8) is 0 Å². The lowest BCUT2D eigenvalue weighted by molar-refractivity contribution is -0.384. The predicted molar refractivity (Wildman–Crippen MR) is 60.7 cm³/mol. The van der Waals surface area contributed by atoms with Gasteiger partial charge in [-0.3, -0.25) is 10.1 Å². The minimum Gasteiger partial charge on any atom is -0.330 e. The highest BCUT2D eigenvalue weighted by Crippen LogP contribution is 2.23. The van der Waals surface area contributed by atoms with Crippen LogP contribution < -0.4 is 5.73 Å². The van der Waals surface area contributed by atoms with E-state index in [1.807, 2.05) is 0 Å². The Labute approximate surface area is 101 Å². The quantitative estimate of drug-likeness (QED) is 0.640. The van der Waals surface area contributed by atoms with Crippen LogP contribution in [0, 0.1) is 15.9 Å². The van der Waals surface area contributed by atoms with E-state index in [0.29, 0.717) is 18.7 Å². The fraction of sp³-hybridized carbons (Fsp3) is 0.200. The van der Waals surface area contributed by atoms with Gasteiger partial charge in [-0.15, -0.1) is 5.10 Å². The number of nitro groups is 1. The van der Waals surface area contributed by atoms with Crippen molar-refractivity contribution in [2.45, 2.75) is 6.42 Å². The maximum atomic E-state index is 13.0. The van der Waals surface area contributed by atoms with Crippen LogP contribution >= 0.6 is 0 Å². The van der Waals surface area contributed by atoms with Crippen LogP contribution in [0.2, 0.25) is 0 Å². The zero-order valence-corrected chi connectivity index (χ0v) is 9.28. The zero-order chi connectivity index (χ0) is 13.1. The van der Waals surface area contributed by atoms with E-state index in [1.165, 1.54) is 16.9 Å². The first-order valence-corrected chi connectivity index (χ1v) is 5.17. The number of halogens is 1. The molecule has 0 aliphatic heterocycles. The van der Waals surface area contributed by atoms with Gasteiger partial charge in [-0.05, 0) is 18.7 Å². The maximum absolute atomic E-state index is 13.0. The number of hydrogen-bond donors (Lipinski definition) is 1. The number of nitrogens with two attached hydrogens (primary N) is 1. The summed E-state index contributed by atoms with van der Waals surface area (Å²) >= 11 is 0. The third-order valence-electron chi connectivity index (χ3n) is 2.32. The first-order valence-electron chi connectivity index (χ1n) is 5.17. The van der Waals surface area contributed by atoms with E-state index >= 15 is 0 Å². The molecule has 0 spiro atoms. The van der Waals surface area contributed by atoms with Crippen molar-refractivity contribution in [1.82, 2.24) is 15.0 Å². The van der Waals surface area contributed by atoms with Gasteiger partial charge in [0.15, 0.2) is 0 Å². The highest BCUT2D eigenvalue weighted by Gasteiger charge is 2.17. The number of aromatic nitrogens is 3. The minimum atomic E-state index is -0.673. The van der Waals surface area contributed by atoms with Gasteiger partial charge < -0.3 is 5.73 Å². The fourth-order valence-corrected chi connectivity index (χ4v) is 1.52. The van der Waals surface area contributed by atoms with Crippen molar-refractivity contribution in [3.05, 3.63) is 46.0 Å². The fourth-order valence-electron chi connectivity index (χ4n) is 1.52. The Bertz CT molecular complexity index is 583. The van der Waals surface area contributed by atoms with Crippen LogP contribution in [-0.4, -0.2) is 26.5 Å². The average molecular weight is 251 g/mol. The molecule has 7 nitrogen and oxygen atoms in total. The molecule has 0 fully saturated rings. The van der Waals surface area contributed by atoms with E-state index in [-0.39, 0.29) is 11.4 Å². The molecule has 94 valence electrons. The van der Waals surface area contributed by atoms with Crippen molar-refractivity contribution >= 4 is 5.69 Å². The van der Waals surface area contributed by atoms with Gasteiger partial charge in [0.2, 0.25) is 0 Å². The Morgan fingerprint density at radius 1 is 1.50 bits per heavy atom. The number of rotatable bonds is 4. The van der Waals surface area contributed by atoms with Crippen LogP contribution in [0.3, 0.4) is 0 Å². The van der Waals surface area contributed by atoms with Crippen LogP contribution in [0.15, 0.2) is 24.4 Å². The van der Waals surface area contributed by atoms with Crippen LogP contribution in [0.4, 0.5) is 10.1 Å². The van der Waals surface area contributed by atoms with Crippen molar-refractivity contribution in [1.29, 1.82) is 0 Å². The zero-order valence-electron chi connectivity index (χ0n) is 9.28. The highest BCUT2D eigenvalue weighted by molar-refractivity contribution is 5.51. The van der Waals surface area contributed by atoms with Crippen molar-refractivity contribution in [2.24, 2.45) is 5.73 Å². The van der Waals surface area contributed by atoms with Crippen LogP contribution in [0.1, 0.15) is 5.69 Å². The molecule has 18 heavy (non-hydrogen) atoms. The molecule has 0 bridgehead atoms. The molecule has 2 aromatic rings. The van der Waals surface area contributed by atoms with Gasteiger partial charge in [0.1, 0.15) is 11.5 Å². The van der Waals surface area contributed by atoms with E-state index in [4.69, 9.17) is 5.73 Å². The SMILES string of the molecule is NCCc1cn(-c2ccc(F)cc2[N+](=O)[O-])nn1. The Balaban J connectivity index is 2.45. The second-order valence-electron chi connectivity index (χ2n) is 3.58. The minimum absolute atomic E-state index is 0.164. The third kappa shape index (κ3) is 2.33. The highest BCUT2D eigenvalue weighted by atomic mass is 19.1. The molecule has 8 heteroatoms. The molecule has 2 N–H and O–H groups in total. The third-order valence-corrected chi connectivity index (χ3v) is 2.32. The summed E-state index contributed by atoms with van der Waals surface area (Å²) in [6.45, 7) is 0.407. The molecular formula is C10H10FN5O2. The van der Waals surface area contributed by atoms with E-state index < -0.39 is 10.7 Å². The van der Waals surface area contributed by atoms with Gasteiger partial charge in [0, 0.05) is 6.42 Å². The number of benzene rings is 1. The van der Waals surface area contributed by atoms with Gasteiger partial charge in [0.05, 0.1) is 22.9 Å². The van der Waals surface area contributed by atoms with E-state index in [2.05, 4.69) is 10.3 Å². The second-order valence-corrected chi connectivity index (χ2v) is 3.58. The van der Waals surface area contributed by atoms with Crippen molar-refractivity contribution < 1.29 is 9.31 Å². The number of nitrogens with zero attached hydrogens (tertiary/aromatic N) is 4. The van der Waals surface area contributed by atoms with E-state index in [0.717, 1.165) is 12.1 Å².